The maximum atomic E-state index is 5.20. The zero-order valence-electron chi connectivity index (χ0n) is 9.21. The van der Waals surface area contributed by atoms with Crippen molar-refractivity contribution in [1.82, 2.24) is 0 Å². The highest BCUT2D eigenvalue weighted by Crippen LogP contribution is 2.22. The summed E-state index contributed by atoms with van der Waals surface area (Å²) in [5, 5.41) is 0. The van der Waals surface area contributed by atoms with Gasteiger partial charge in [0.15, 0.2) is 0 Å². The monoisotopic (exact) mass is 190 g/mol. The number of methoxy groups -OCH3 is 1. The summed E-state index contributed by atoms with van der Waals surface area (Å²) in [5.41, 5.74) is 2.67. The SMILES string of the molecule is CC/C=C(\CC)c1cccc(OC)c1. The van der Waals surface area contributed by atoms with Crippen molar-refractivity contribution in [2.75, 3.05) is 7.11 Å². The molecule has 0 amide bonds. The minimum Gasteiger partial charge on any atom is -0.497 e. The lowest BCUT2D eigenvalue weighted by molar-refractivity contribution is 0.414. The Balaban J connectivity index is 2.98. The Morgan fingerprint density at radius 1 is 1.36 bits per heavy atom. The van der Waals surface area contributed by atoms with Crippen molar-refractivity contribution in [2.45, 2.75) is 26.7 Å². The van der Waals surface area contributed by atoms with E-state index in [2.05, 4.69) is 32.1 Å². The van der Waals surface area contributed by atoms with Crippen LogP contribution >= 0.6 is 0 Å². The largest absolute Gasteiger partial charge is 0.497 e. The van der Waals surface area contributed by atoms with Crippen molar-refractivity contribution >= 4 is 5.57 Å². The van der Waals surface area contributed by atoms with Gasteiger partial charge in [-0.1, -0.05) is 32.1 Å². The van der Waals surface area contributed by atoms with Gasteiger partial charge in [-0.25, -0.2) is 0 Å². The van der Waals surface area contributed by atoms with Gasteiger partial charge in [0.2, 0.25) is 0 Å². The number of benzene rings is 1. The van der Waals surface area contributed by atoms with Gasteiger partial charge in [-0.05, 0) is 36.1 Å². The summed E-state index contributed by atoms with van der Waals surface area (Å²) in [6.45, 7) is 4.34. The van der Waals surface area contributed by atoms with Gasteiger partial charge in [-0.15, -0.1) is 0 Å². The first-order valence-corrected chi connectivity index (χ1v) is 5.15. The van der Waals surface area contributed by atoms with Crippen LogP contribution in [0.25, 0.3) is 5.57 Å². The Labute approximate surface area is 86.4 Å². The molecule has 0 heterocycles. The van der Waals surface area contributed by atoms with E-state index in [1.54, 1.807) is 7.11 Å². The molecule has 0 unspecified atom stereocenters. The molecule has 1 heteroatoms. The van der Waals surface area contributed by atoms with Crippen molar-refractivity contribution in [1.29, 1.82) is 0 Å². The molecular weight excluding hydrogens is 172 g/mol. The van der Waals surface area contributed by atoms with Crippen molar-refractivity contribution < 1.29 is 4.74 Å². The molecule has 0 aromatic heterocycles. The maximum absolute atomic E-state index is 5.20. The van der Waals surface area contributed by atoms with Gasteiger partial charge < -0.3 is 4.74 Å². The Kier molecular flexibility index (Phi) is 4.24. The first kappa shape index (κ1) is 10.8. The third-order valence-electron chi connectivity index (χ3n) is 2.27. The Morgan fingerprint density at radius 2 is 2.14 bits per heavy atom. The van der Waals surface area contributed by atoms with E-state index in [1.165, 1.54) is 11.1 Å². The third-order valence-corrected chi connectivity index (χ3v) is 2.27. The van der Waals surface area contributed by atoms with E-state index in [1.807, 2.05) is 12.1 Å². The number of rotatable bonds is 4. The van der Waals surface area contributed by atoms with E-state index in [0.717, 1.165) is 18.6 Å². The number of hydrogen-bond donors (Lipinski definition) is 0. The minimum absolute atomic E-state index is 0.929. The molecule has 0 saturated carbocycles. The van der Waals surface area contributed by atoms with Crippen LogP contribution < -0.4 is 4.74 Å². The molecule has 0 aliphatic heterocycles. The summed E-state index contributed by atoms with van der Waals surface area (Å²) < 4.78 is 5.20. The normalized spacial score (nSPS) is 11.5. The van der Waals surface area contributed by atoms with Gasteiger partial charge in [0.25, 0.3) is 0 Å². The van der Waals surface area contributed by atoms with Crippen LogP contribution in [0.15, 0.2) is 30.3 Å². The lowest BCUT2D eigenvalue weighted by atomic mass is 10.0. The van der Waals surface area contributed by atoms with E-state index in [0.29, 0.717) is 0 Å². The molecule has 0 atom stereocenters. The van der Waals surface area contributed by atoms with Crippen LogP contribution in [0.2, 0.25) is 0 Å². The van der Waals surface area contributed by atoms with Crippen molar-refractivity contribution in [3.05, 3.63) is 35.9 Å². The fourth-order valence-corrected chi connectivity index (χ4v) is 1.54. The molecule has 14 heavy (non-hydrogen) atoms. The molecule has 0 bridgehead atoms. The van der Waals surface area contributed by atoms with E-state index < -0.39 is 0 Å². The highest BCUT2D eigenvalue weighted by Gasteiger charge is 1.99. The summed E-state index contributed by atoms with van der Waals surface area (Å²) in [6, 6.07) is 8.23. The van der Waals surface area contributed by atoms with Gasteiger partial charge >= 0.3 is 0 Å². The maximum Gasteiger partial charge on any atom is 0.119 e. The average molecular weight is 190 g/mol. The van der Waals surface area contributed by atoms with Crippen molar-refractivity contribution in [3.63, 3.8) is 0 Å². The number of hydrogen-bond acceptors (Lipinski definition) is 1. The summed E-state index contributed by atoms with van der Waals surface area (Å²) in [6.07, 6.45) is 4.43. The topological polar surface area (TPSA) is 9.23 Å². The molecule has 0 spiro atoms. The summed E-state index contributed by atoms with van der Waals surface area (Å²) >= 11 is 0. The predicted octanol–water partition coefficient (Wildman–Crippen LogP) is 3.90. The fraction of sp³-hybridized carbons (Fsp3) is 0.385. The lowest BCUT2D eigenvalue weighted by Crippen LogP contribution is -1.86. The highest BCUT2D eigenvalue weighted by atomic mass is 16.5. The van der Waals surface area contributed by atoms with Gasteiger partial charge in [0.1, 0.15) is 5.75 Å². The van der Waals surface area contributed by atoms with E-state index >= 15 is 0 Å². The zero-order chi connectivity index (χ0) is 10.4. The van der Waals surface area contributed by atoms with Gasteiger partial charge in [-0.3, -0.25) is 0 Å². The first-order valence-electron chi connectivity index (χ1n) is 5.15. The fourth-order valence-electron chi connectivity index (χ4n) is 1.54. The Hall–Kier alpha value is -1.24. The highest BCUT2D eigenvalue weighted by molar-refractivity contribution is 5.66. The second kappa shape index (κ2) is 5.48. The molecule has 1 nitrogen and oxygen atoms in total. The van der Waals surface area contributed by atoms with Crippen LogP contribution in [0, 0.1) is 0 Å². The van der Waals surface area contributed by atoms with Crippen LogP contribution in [0.3, 0.4) is 0 Å². The lowest BCUT2D eigenvalue weighted by Gasteiger charge is -2.06. The second-order valence-electron chi connectivity index (χ2n) is 3.22. The van der Waals surface area contributed by atoms with Crippen molar-refractivity contribution in [2.24, 2.45) is 0 Å². The molecule has 1 rings (SSSR count). The number of ether oxygens (including phenoxy) is 1. The van der Waals surface area contributed by atoms with Gasteiger partial charge in [0, 0.05) is 0 Å². The van der Waals surface area contributed by atoms with E-state index in [9.17, 15) is 0 Å². The predicted molar refractivity (Wildman–Crippen MR) is 61.6 cm³/mol. The standard InChI is InChI=1S/C13H18O/c1-4-7-11(5-2)12-8-6-9-13(10-12)14-3/h6-10H,4-5H2,1-3H3/b11-7+. The average Bonchev–Trinajstić information content (AvgIpc) is 2.26. The van der Waals surface area contributed by atoms with Crippen molar-refractivity contribution in [3.8, 4) is 5.75 Å². The molecule has 0 fully saturated rings. The summed E-state index contributed by atoms with van der Waals surface area (Å²) in [4.78, 5) is 0. The Bertz CT molecular complexity index is 313. The molecule has 1 aromatic carbocycles. The third kappa shape index (κ3) is 2.63. The molecule has 0 saturated heterocycles. The van der Waals surface area contributed by atoms with Crippen LogP contribution in [0.1, 0.15) is 32.3 Å². The molecule has 0 aliphatic rings. The Morgan fingerprint density at radius 3 is 2.71 bits per heavy atom. The smallest absolute Gasteiger partial charge is 0.119 e. The quantitative estimate of drug-likeness (QED) is 0.699. The van der Waals surface area contributed by atoms with Crippen LogP contribution in [0.5, 0.6) is 5.75 Å². The summed E-state index contributed by atoms with van der Waals surface area (Å²) in [7, 11) is 1.70. The zero-order valence-corrected chi connectivity index (χ0v) is 9.21. The van der Waals surface area contributed by atoms with Gasteiger partial charge in [0.05, 0.1) is 7.11 Å². The summed E-state index contributed by atoms with van der Waals surface area (Å²) in [5.74, 6) is 0.929. The molecule has 0 radical (unpaired) electrons. The van der Waals surface area contributed by atoms with Crippen LogP contribution in [-0.4, -0.2) is 7.11 Å². The van der Waals surface area contributed by atoms with Crippen LogP contribution in [0.4, 0.5) is 0 Å². The molecular formula is C13H18O. The number of allylic oxidation sites excluding steroid dienone is 2. The van der Waals surface area contributed by atoms with E-state index in [4.69, 9.17) is 4.74 Å². The molecule has 0 aliphatic carbocycles. The minimum atomic E-state index is 0.929. The molecule has 0 N–H and O–H groups in total. The second-order valence-corrected chi connectivity index (χ2v) is 3.22. The molecule has 76 valence electrons. The first-order chi connectivity index (χ1) is 6.81. The van der Waals surface area contributed by atoms with E-state index in [-0.39, 0.29) is 0 Å². The molecule has 1 aromatic rings. The van der Waals surface area contributed by atoms with Crippen LogP contribution in [-0.2, 0) is 0 Å². The van der Waals surface area contributed by atoms with Gasteiger partial charge in [-0.2, -0.15) is 0 Å².